The van der Waals surface area contributed by atoms with Crippen LogP contribution in [0.15, 0.2) is 24.3 Å². The lowest BCUT2D eigenvalue weighted by molar-refractivity contribution is -0.384. The third-order valence-corrected chi connectivity index (χ3v) is 4.15. The Morgan fingerprint density at radius 2 is 1.81 bits per heavy atom. The second kappa shape index (κ2) is 8.83. The smallest absolute Gasteiger partial charge is 0.408 e. The van der Waals surface area contributed by atoms with Crippen molar-refractivity contribution in [2.75, 3.05) is 0 Å². The highest BCUT2D eigenvalue weighted by atomic mass is 16.6. The predicted molar refractivity (Wildman–Crippen MR) is 98.3 cm³/mol. The van der Waals surface area contributed by atoms with Crippen molar-refractivity contribution < 1.29 is 24.0 Å². The van der Waals surface area contributed by atoms with Crippen LogP contribution < -0.4 is 5.32 Å². The average molecular weight is 378 g/mol. The maximum Gasteiger partial charge on any atom is 0.408 e. The number of rotatable bonds is 6. The van der Waals surface area contributed by atoms with Gasteiger partial charge in [0.05, 0.1) is 4.92 Å². The second-order valence-corrected chi connectivity index (χ2v) is 7.67. The van der Waals surface area contributed by atoms with E-state index in [9.17, 15) is 19.7 Å². The highest BCUT2D eigenvalue weighted by Gasteiger charge is 2.29. The Morgan fingerprint density at radius 1 is 1.22 bits per heavy atom. The van der Waals surface area contributed by atoms with Gasteiger partial charge in [0.2, 0.25) is 0 Å². The molecule has 1 atom stereocenters. The van der Waals surface area contributed by atoms with Gasteiger partial charge in [0.1, 0.15) is 17.7 Å². The molecular formula is C19H26N2O6. The lowest BCUT2D eigenvalue weighted by atomic mass is 10.1. The molecule has 2 rings (SSSR count). The van der Waals surface area contributed by atoms with Crippen LogP contribution >= 0.6 is 0 Å². The number of non-ortho nitro benzene ring substituents is 1. The summed E-state index contributed by atoms with van der Waals surface area (Å²) < 4.78 is 10.8. The maximum atomic E-state index is 12.6. The van der Waals surface area contributed by atoms with E-state index in [0.29, 0.717) is 5.56 Å². The quantitative estimate of drug-likeness (QED) is 0.461. The number of ether oxygens (including phenoxy) is 2. The first kappa shape index (κ1) is 20.7. The third kappa shape index (κ3) is 6.88. The highest BCUT2D eigenvalue weighted by molar-refractivity contribution is 5.82. The first-order chi connectivity index (χ1) is 12.6. The predicted octanol–water partition coefficient (Wildman–Crippen LogP) is 3.52. The molecule has 1 N–H and O–H groups in total. The number of nitrogens with one attached hydrogen (secondary N) is 1. The number of nitro groups is 1. The molecule has 1 aromatic rings. The SMILES string of the molecule is CC(C)(C)OC(=O)N[C@@H](Cc1ccc([N+](=O)[O-])cc1)C(=O)OC1CCCC1. The van der Waals surface area contributed by atoms with E-state index in [4.69, 9.17) is 9.47 Å². The number of benzene rings is 1. The van der Waals surface area contributed by atoms with Crippen molar-refractivity contribution in [1.29, 1.82) is 0 Å². The van der Waals surface area contributed by atoms with Gasteiger partial charge in [0, 0.05) is 18.6 Å². The van der Waals surface area contributed by atoms with Crippen molar-refractivity contribution >= 4 is 17.7 Å². The Balaban J connectivity index is 2.08. The lowest BCUT2D eigenvalue weighted by Crippen LogP contribution is -2.46. The number of carbonyl (C=O) groups excluding carboxylic acids is 2. The minimum Gasteiger partial charge on any atom is -0.461 e. The number of esters is 1. The molecule has 1 aliphatic carbocycles. The number of carbonyl (C=O) groups is 2. The molecule has 1 aromatic carbocycles. The molecular weight excluding hydrogens is 352 g/mol. The van der Waals surface area contributed by atoms with Crippen LogP contribution in [0.25, 0.3) is 0 Å². The minimum atomic E-state index is -0.929. The molecule has 1 aliphatic rings. The third-order valence-electron chi connectivity index (χ3n) is 4.15. The van der Waals surface area contributed by atoms with Crippen LogP contribution in [0.5, 0.6) is 0 Å². The van der Waals surface area contributed by atoms with E-state index in [2.05, 4.69) is 5.32 Å². The number of nitrogens with zero attached hydrogens (tertiary/aromatic N) is 1. The molecule has 0 spiro atoms. The number of nitro benzene ring substituents is 1. The van der Waals surface area contributed by atoms with Crippen molar-refractivity contribution in [3.05, 3.63) is 39.9 Å². The van der Waals surface area contributed by atoms with Crippen molar-refractivity contribution in [3.63, 3.8) is 0 Å². The van der Waals surface area contributed by atoms with Gasteiger partial charge in [0.25, 0.3) is 5.69 Å². The van der Waals surface area contributed by atoms with Gasteiger partial charge >= 0.3 is 12.1 Å². The van der Waals surface area contributed by atoms with Gasteiger partial charge in [-0.3, -0.25) is 10.1 Å². The molecule has 0 bridgehead atoms. The molecule has 0 aliphatic heterocycles. The summed E-state index contributed by atoms with van der Waals surface area (Å²) >= 11 is 0. The molecule has 0 saturated heterocycles. The number of alkyl carbamates (subject to hydrolysis) is 1. The van der Waals surface area contributed by atoms with Crippen molar-refractivity contribution in [2.45, 2.75) is 70.6 Å². The fourth-order valence-corrected chi connectivity index (χ4v) is 2.89. The van der Waals surface area contributed by atoms with Crippen LogP contribution in [-0.2, 0) is 20.7 Å². The molecule has 8 nitrogen and oxygen atoms in total. The Kier molecular flexibility index (Phi) is 6.76. The zero-order valence-electron chi connectivity index (χ0n) is 15.9. The largest absolute Gasteiger partial charge is 0.461 e. The summed E-state index contributed by atoms with van der Waals surface area (Å²) in [7, 11) is 0. The summed E-state index contributed by atoms with van der Waals surface area (Å²) in [5.41, 5.74) is -0.0638. The summed E-state index contributed by atoms with van der Waals surface area (Å²) in [4.78, 5) is 35.0. The molecule has 0 aromatic heterocycles. The van der Waals surface area contributed by atoms with Crippen LogP contribution in [0.2, 0.25) is 0 Å². The molecule has 0 heterocycles. The monoisotopic (exact) mass is 378 g/mol. The van der Waals surface area contributed by atoms with Gasteiger partial charge in [-0.1, -0.05) is 12.1 Å². The fourth-order valence-electron chi connectivity index (χ4n) is 2.89. The summed E-state index contributed by atoms with van der Waals surface area (Å²) in [6.45, 7) is 5.19. The van der Waals surface area contributed by atoms with Crippen LogP contribution in [-0.4, -0.2) is 34.7 Å². The molecule has 0 radical (unpaired) electrons. The minimum absolute atomic E-state index is 0.0380. The highest BCUT2D eigenvalue weighted by Crippen LogP contribution is 2.22. The van der Waals surface area contributed by atoms with Crippen molar-refractivity contribution in [2.24, 2.45) is 0 Å². The Morgan fingerprint density at radius 3 is 2.33 bits per heavy atom. The zero-order valence-corrected chi connectivity index (χ0v) is 15.9. The first-order valence-corrected chi connectivity index (χ1v) is 9.07. The van der Waals surface area contributed by atoms with E-state index < -0.39 is 28.6 Å². The van der Waals surface area contributed by atoms with E-state index in [0.717, 1.165) is 25.7 Å². The van der Waals surface area contributed by atoms with Gasteiger partial charge in [-0.15, -0.1) is 0 Å². The van der Waals surface area contributed by atoms with Crippen molar-refractivity contribution in [1.82, 2.24) is 5.32 Å². The Bertz CT molecular complexity index is 674. The number of amides is 1. The van der Waals surface area contributed by atoms with Crippen LogP contribution in [0, 0.1) is 10.1 Å². The van der Waals surface area contributed by atoms with Crippen molar-refractivity contribution in [3.8, 4) is 0 Å². The Hall–Kier alpha value is -2.64. The van der Waals surface area contributed by atoms with E-state index >= 15 is 0 Å². The first-order valence-electron chi connectivity index (χ1n) is 9.07. The topological polar surface area (TPSA) is 108 Å². The normalized spacial score (nSPS) is 15.8. The van der Waals surface area contributed by atoms with Gasteiger partial charge in [-0.05, 0) is 52.0 Å². The summed E-state index contributed by atoms with van der Waals surface area (Å²) in [5.74, 6) is -0.522. The molecule has 27 heavy (non-hydrogen) atoms. The van der Waals surface area contributed by atoms with E-state index in [1.165, 1.54) is 12.1 Å². The fraction of sp³-hybridized carbons (Fsp3) is 0.579. The molecule has 8 heteroatoms. The summed E-state index contributed by atoms with van der Waals surface area (Å²) in [6, 6.07) is 4.92. The molecule has 148 valence electrons. The van der Waals surface area contributed by atoms with Gasteiger partial charge < -0.3 is 14.8 Å². The van der Waals surface area contributed by atoms with Gasteiger partial charge in [0.15, 0.2) is 0 Å². The van der Waals surface area contributed by atoms with Gasteiger partial charge in [-0.2, -0.15) is 0 Å². The molecule has 1 fully saturated rings. The van der Waals surface area contributed by atoms with E-state index in [-0.39, 0.29) is 18.2 Å². The molecule has 1 amide bonds. The maximum absolute atomic E-state index is 12.6. The Labute approximate surface area is 158 Å². The van der Waals surface area contributed by atoms with Gasteiger partial charge in [-0.25, -0.2) is 9.59 Å². The average Bonchev–Trinajstić information content (AvgIpc) is 3.06. The van der Waals surface area contributed by atoms with Crippen LogP contribution in [0.3, 0.4) is 0 Å². The second-order valence-electron chi connectivity index (χ2n) is 7.67. The van der Waals surface area contributed by atoms with Crippen LogP contribution in [0.1, 0.15) is 52.0 Å². The lowest BCUT2D eigenvalue weighted by Gasteiger charge is -2.24. The molecule has 1 saturated carbocycles. The number of hydrogen-bond donors (Lipinski definition) is 1. The van der Waals surface area contributed by atoms with E-state index in [1.807, 2.05) is 0 Å². The zero-order chi connectivity index (χ0) is 20.0. The standard InChI is InChI=1S/C19H26N2O6/c1-19(2,3)27-18(23)20-16(17(22)26-15-6-4-5-7-15)12-13-8-10-14(11-9-13)21(24)25/h8-11,15-16H,4-7,12H2,1-3H3,(H,20,23)/t16-/m0/s1. The summed E-state index contributed by atoms with van der Waals surface area (Å²) in [5, 5.41) is 13.3. The summed E-state index contributed by atoms with van der Waals surface area (Å²) in [6.07, 6.45) is 3.00. The van der Waals surface area contributed by atoms with Crippen LogP contribution in [0.4, 0.5) is 10.5 Å². The number of hydrogen-bond acceptors (Lipinski definition) is 6. The van der Waals surface area contributed by atoms with E-state index in [1.54, 1.807) is 32.9 Å². The molecule has 0 unspecified atom stereocenters.